The molecule has 0 aromatic carbocycles. The average Bonchev–Trinajstić information content (AvgIpc) is 2.31. The molecule has 0 bridgehead atoms. The average molecular weight is 231 g/mol. The molecule has 0 fully saturated rings. The normalized spacial score (nSPS) is 14.0. The van der Waals surface area contributed by atoms with E-state index in [1.807, 2.05) is 0 Å². The highest BCUT2D eigenvalue weighted by atomic mass is 16.4. The van der Waals surface area contributed by atoms with Gasteiger partial charge in [0.05, 0.1) is 0 Å². The Balaban J connectivity index is 3.31. The van der Waals surface area contributed by atoms with Crippen LogP contribution in [0.15, 0.2) is 5.16 Å². The lowest BCUT2D eigenvalue weighted by Gasteiger charge is -2.14. The highest BCUT2D eigenvalue weighted by molar-refractivity contribution is 5.79. The van der Waals surface area contributed by atoms with Crippen LogP contribution >= 0.6 is 0 Å². The SMILES string of the molecule is CCC(CCO)CNCCCCC(N)=NO. The Kier molecular flexibility index (Phi) is 10.2. The second kappa shape index (κ2) is 10.7. The van der Waals surface area contributed by atoms with Gasteiger partial charge in [-0.05, 0) is 38.3 Å². The van der Waals surface area contributed by atoms with Gasteiger partial charge >= 0.3 is 0 Å². The van der Waals surface area contributed by atoms with Gasteiger partial charge in [0.2, 0.25) is 0 Å². The first-order valence-electron chi connectivity index (χ1n) is 6.02. The lowest BCUT2D eigenvalue weighted by molar-refractivity contribution is 0.251. The summed E-state index contributed by atoms with van der Waals surface area (Å²) in [5.74, 6) is 0.862. The fraction of sp³-hybridized carbons (Fsp3) is 0.909. The van der Waals surface area contributed by atoms with Gasteiger partial charge in [0.1, 0.15) is 5.84 Å². The number of hydrogen-bond acceptors (Lipinski definition) is 4. The zero-order chi connectivity index (χ0) is 12.2. The molecular formula is C11H25N3O2. The summed E-state index contributed by atoms with van der Waals surface area (Å²) in [5, 5.41) is 23.4. The number of rotatable bonds is 10. The molecule has 0 radical (unpaired) electrons. The largest absolute Gasteiger partial charge is 0.409 e. The molecule has 0 amide bonds. The zero-order valence-corrected chi connectivity index (χ0v) is 10.2. The minimum Gasteiger partial charge on any atom is -0.409 e. The maximum atomic E-state index is 8.82. The first kappa shape index (κ1) is 15.2. The van der Waals surface area contributed by atoms with Crippen molar-refractivity contribution in [1.29, 1.82) is 0 Å². The Bertz CT molecular complexity index is 186. The summed E-state index contributed by atoms with van der Waals surface area (Å²) in [7, 11) is 0. The highest BCUT2D eigenvalue weighted by Crippen LogP contribution is 2.05. The monoisotopic (exact) mass is 231 g/mol. The van der Waals surface area contributed by atoms with Crippen molar-refractivity contribution in [2.24, 2.45) is 16.8 Å². The molecule has 96 valence electrons. The van der Waals surface area contributed by atoms with Gasteiger partial charge in [0, 0.05) is 13.0 Å². The van der Waals surface area contributed by atoms with Crippen LogP contribution < -0.4 is 11.1 Å². The zero-order valence-electron chi connectivity index (χ0n) is 10.2. The van der Waals surface area contributed by atoms with E-state index in [-0.39, 0.29) is 6.61 Å². The summed E-state index contributed by atoms with van der Waals surface area (Å²) in [4.78, 5) is 0. The topological polar surface area (TPSA) is 90.9 Å². The number of aliphatic hydroxyl groups is 1. The standard InChI is InChI=1S/C11H25N3O2/c1-2-10(6-8-15)9-13-7-4-3-5-11(12)14-16/h10,13,15-16H,2-9H2,1H3,(H2,12,14). The Hall–Kier alpha value is -0.810. The van der Waals surface area contributed by atoms with E-state index in [2.05, 4.69) is 17.4 Å². The van der Waals surface area contributed by atoms with Gasteiger partial charge in [-0.3, -0.25) is 0 Å². The van der Waals surface area contributed by atoms with Crippen molar-refractivity contribution in [2.75, 3.05) is 19.7 Å². The minimum absolute atomic E-state index is 0.268. The Labute approximate surface area is 97.7 Å². The van der Waals surface area contributed by atoms with Gasteiger partial charge in [-0.2, -0.15) is 0 Å². The molecule has 5 heteroatoms. The Morgan fingerprint density at radius 2 is 2.19 bits per heavy atom. The van der Waals surface area contributed by atoms with Crippen LogP contribution in [0, 0.1) is 5.92 Å². The predicted octanol–water partition coefficient (Wildman–Crippen LogP) is 0.901. The molecular weight excluding hydrogens is 206 g/mol. The predicted molar refractivity (Wildman–Crippen MR) is 65.6 cm³/mol. The molecule has 0 aliphatic rings. The van der Waals surface area contributed by atoms with Crippen molar-refractivity contribution in [3.63, 3.8) is 0 Å². The van der Waals surface area contributed by atoms with Crippen LogP contribution in [0.2, 0.25) is 0 Å². The smallest absolute Gasteiger partial charge is 0.139 e. The first-order valence-corrected chi connectivity index (χ1v) is 6.02. The highest BCUT2D eigenvalue weighted by Gasteiger charge is 2.04. The lowest BCUT2D eigenvalue weighted by atomic mass is 10.0. The summed E-state index contributed by atoms with van der Waals surface area (Å²) in [6, 6.07) is 0. The van der Waals surface area contributed by atoms with E-state index < -0.39 is 0 Å². The van der Waals surface area contributed by atoms with E-state index >= 15 is 0 Å². The van der Waals surface area contributed by atoms with Crippen LogP contribution in [-0.2, 0) is 0 Å². The summed E-state index contributed by atoms with van der Waals surface area (Å²) < 4.78 is 0. The van der Waals surface area contributed by atoms with Crippen LogP contribution in [0.25, 0.3) is 0 Å². The Morgan fingerprint density at radius 3 is 2.75 bits per heavy atom. The maximum absolute atomic E-state index is 8.82. The van der Waals surface area contributed by atoms with Crippen molar-refractivity contribution in [2.45, 2.75) is 39.0 Å². The van der Waals surface area contributed by atoms with Crippen molar-refractivity contribution < 1.29 is 10.3 Å². The summed E-state index contributed by atoms with van der Waals surface area (Å²) in [5.41, 5.74) is 5.35. The maximum Gasteiger partial charge on any atom is 0.139 e. The first-order chi connectivity index (χ1) is 7.74. The molecule has 0 aromatic heterocycles. The minimum atomic E-state index is 0.268. The van der Waals surface area contributed by atoms with Gasteiger partial charge in [0.15, 0.2) is 0 Å². The fourth-order valence-electron chi connectivity index (χ4n) is 1.55. The number of nitrogens with one attached hydrogen (secondary N) is 1. The molecule has 0 saturated heterocycles. The number of amidine groups is 1. The van der Waals surface area contributed by atoms with Crippen LogP contribution in [0.1, 0.15) is 39.0 Å². The number of aliphatic hydroxyl groups excluding tert-OH is 1. The molecule has 0 rings (SSSR count). The third-order valence-corrected chi connectivity index (χ3v) is 2.71. The molecule has 0 aromatic rings. The van der Waals surface area contributed by atoms with Gasteiger partial charge in [0.25, 0.3) is 0 Å². The van der Waals surface area contributed by atoms with E-state index in [1.165, 1.54) is 0 Å². The number of unbranched alkanes of at least 4 members (excludes halogenated alkanes) is 1. The number of nitrogens with two attached hydrogens (primary N) is 1. The second-order valence-electron chi connectivity index (χ2n) is 4.04. The molecule has 5 nitrogen and oxygen atoms in total. The van der Waals surface area contributed by atoms with Crippen molar-refractivity contribution in [1.82, 2.24) is 5.32 Å². The Morgan fingerprint density at radius 1 is 1.44 bits per heavy atom. The van der Waals surface area contributed by atoms with E-state index in [1.54, 1.807) is 0 Å². The summed E-state index contributed by atoms with van der Waals surface area (Å²) >= 11 is 0. The van der Waals surface area contributed by atoms with Gasteiger partial charge in [-0.25, -0.2) is 0 Å². The van der Waals surface area contributed by atoms with E-state index in [0.29, 0.717) is 18.2 Å². The lowest BCUT2D eigenvalue weighted by Crippen LogP contribution is -2.24. The fourth-order valence-corrected chi connectivity index (χ4v) is 1.55. The van der Waals surface area contributed by atoms with Gasteiger partial charge < -0.3 is 21.4 Å². The second-order valence-corrected chi connectivity index (χ2v) is 4.04. The third kappa shape index (κ3) is 8.49. The molecule has 1 atom stereocenters. The number of oxime groups is 1. The third-order valence-electron chi connectivity index (χ3n) is 2.71. The quantitative estimate of drug-likeness (QED) is 0.148. The van der Waals surface area contributed by atoms with E-state index in [4.69, 9.17) is 16.0 Å². The van der Waals surface area contributed by atoms with Crippen molar-refractivity contribution >= 4 is 5.84 Å². The molecule has 0 heterocycles. The molecule has 0 aliphatic heterocycles. The molecule has 0 spiro atoms. The molecule has 16 heavy (non-hydrogen) atoms. The van der Waals surface area contributed by atoms with Crippen LogP contribution in [0.3, 0.4) is 0 Å². The molecule has 0 aliphatic carbocycles. The van der Waals surface area contributed by atoms with Gasteiger partial charge in [-0.15, -0.1) is 0 Å². The molecule has 1 unspecified atom stereocenters. The van der Waals surface area contributed by atoms with Crippen molar-refractivity contribution in [3.05, 3.63) is 0 Å². The summed E-state index contributed by atoms with van der Waals surface area (Å²) in [6.07, 6.45) is 4.56. The summed E-state index contributed by atoms with van der Waals surface area (Å²) in [6.45, 7) is 4.31. The molecule has 0 saturated carbocycles. The van der Waals surface area contributed by atoms with Crippen molar-refractivity contribution in [3.8, 4) is 0 Å². The molecule has 5 N–H and O–H groups in total. The van der Waals surface area contributed by atoms with Crippen LogP contribution in [0.5, 0.6) is 0 Å². The van der Waals surface area contributed by atoms with E-state index in [0.717, 1.165) is 38.8 Å². The van der Waals surface area contributed by atoms with Crippen LogP contribution in [0.4, 0.5) is 0 Å². The van der Waals surface area contributed by atoms with E-state index in [9.17, 15) is 0 Å². The number of nitrogens with zero attached hydrogens (tertiary/aromatic N) is 1. The van der Waals surface area contributed by atoms with Crippen LogP contribution in [-0.4, -0.2) is 35.8 Å². The van der Waals surface area contributed by atoms with Gasteiger partial charge in [-0.1, -0.05) is 18.5 Å². The number of hydrogen-bond donors (Lipinski definition) is 4.